The van der Waals surface area contributed by atoms with Crippen LogP contribution in [0, 0.1) is 10.1 Å². The number of rotatable bonds is 9. The molecular weight excluding hydrogens is 354 g/mol. The van der Waals surface area contributed by atoms with Gasteiger partial charge < -0.3 is 9.47 Å². The Kier molecular flexibility index (Phi) is 7.27. The van der Waals surface area contributed by atoms with Crippen LogP contribution in [0.15, 0.2) is 24.3 Å². The van der Waals surface area contributed by atoms with Crippen LogP contribution in [0.1, 0.15) is 19.3 Å². The lowest BCUT2D eigenvalue weighted by atomic mass is 10.2. The van der Waals surface area contributed by atoms with Crippen LogP contribution in [0.2, 0.25) is 0 Å². The van der Waals surface area contributed by atoms with Gasteiger partial charge in [0.2, 0.25) is 0 Å². The highest BCUT2D eigenvalue weighted by Crippen LogP contribution is 2.23. The first-order valence-corrected chi connectivity index (χ1v) is 6.88. The SMILES string of the molecule is O=C(CCCC(=O)Oc1ccc([N+](=O)[O-])cc1)OCC(F)(F)C(F)F. The number of hydrogen-bond acceptors (Lipinski definition) is 6. The predicted molar refractivity (Wildman–Crippen MR) is 74.5 cm³/mol. The van der Waals surface area contributed by atoms with Gasteiger partial charge in [-0.1, -0.05) is 0 Å². The maximum Gasteiger partial charge on any atom is 0.340 e. The largest absolute Gasteiger partial charge is 0.459 e. The highest BCUT2D eigenvalue weighted by atomic mass is 19.3. The second-order valence-corrected chi connectivity index (χ2v) is 4.80. The molecule has 25 heavy (non-hydrogen) atoms. The number of non-ortho nitro benzene ring substituents is 1. The van der Waals surface area contributed by atoms with Crippen molar-refractivity contribution in [2.75, 3.05) is 6.61 Å². The molecule has 0 bridgehead atoms. The molecule has 1 aromatic rings. The summed E-state index contributed by atoms with van der Waals surface area (Å²) in [4.78, 5) is 32.5. The first kappa shape index (κ1) is 20.3. The Labute approximate surface area is 138 Å². The summed E-state index contributed by atoms with van der Waals surface area (Å²) in [5.74, 6) is -6.29. The summed E-state index contributed by atoms with van der Waals surface area (Å²) in [5, 5.41) is 10.5. The monoisotopic (exact) mass is 367 g/mol. The molecule has 0 N–H and O–H groups in total. The van der Waals surface area contributed by atoms with E-state index >= 15 is 0 Å². The van der Waals surface area contributed by atoms with Crippen LogP contribution < -0.4 is 4.74 Å². The van der Waals surface area contributed by atoms with Crippen molar-refractivity contribution in [2.24, 2.45) is 0 Å². The number of halogens is 4. The molecule has 7 nitrogen and oxygen atoms in total. The van der Waals surface area contributed by atoms with Crippen molar-refractivity contribution in [1.29, 1.82) is 0 Å². The van der Waals surface area contributed by atoms with Crippen LogP contribution in [0.3, 0.4) is 0 Å². The summed E-state index contributed by atoms with van der Waals surface area (Å²) in [6, 6.07) is 4.67. The fraction of sp³-hybridized carbons (Fsp3) is 0.429. The smallest absolute Gasteiger partial charge is 0.340 e. The number of nitrogens with zero attached hydrogens (tertiary/aromatic N) is 1. The molecule has 0 aromatic heterocycles. The van der Waals surface area contributed by atoms with Crippen LogP contribution in [0.5, 0.6) is 5.75 Å². The fourth-order valence-corrected chi connectivity index (χ4v) is 1.51. The third kappa shape index (κ3) is 7.14. The second-order valence-electron chi connectivity index (χ2n) is 4.80. The van der Waals surface area contributed by atoms with Crippen molar-refractivity contribution in [1.82, 2.24) is 0 Å². The maximum absolute atomic E-state index is 12.5. The lowest BCUT2D eigenvalue weighted by molar-refractivity contribution is -0.384. The van der Waals surface area contributed by atoms with E-state index in [0.29, 0.717) is 0 Å². The highest BCUT2D eigenvalue weighted by Gasteiger charge is 2.42. The van der Waals surface area contributed by atoms with Gasteiger partial charge in [0.25, 0.3) is 5.69 Å². The van der Waals surface area contributed by atoms with E-state index in [1.54, 1.807) is 0 Å². The lowest BCUT2D eigenvalue weighted by Crippen LogP contribution is -2.33. The number of alkyl halides is 4. The van der Waals surface area contributed by atoms with Gasteiger partial charge in [0.05, 0.1) is 4.92 Å². The summed E-state index contributed by atoms with van der Waals surface area (Å²) in [7, 11) is 0. The molecule has 0 saturated heterocycles. The zero-order chi connectivity index (χ0) is 19.0. The van der Waals surface area contributed by atoms with Gasteiger partial charge in [-0.25, -0.2) is 8.78 Å². The molecule has 0 atom stereocenters. The number of esters is 2. The Morgan fingerprint density at radius 2 is 1.68 bits per heavy atom. The number of nitro groups is 1. The van der Waals surface area contributed by atoms with Crippen molar-refractivity contribution in [2.45, 2.75) is 31.6 Å². The van der Waals surface area contributed by atoms with E-state index in [4.69, 9.17) is 4.74 Å². The normalized spacial score (nSPS) is 11.2. The number of nitro benzene ring substituents is 1. The zero-order valence-corrected chi connectivity index (χ0v) is 12.6. The number of carbonyl (C=O) groups is 2. The summed E-state index contributed by atoms with van der Waals surface area (Å²) in [6.45, 7) is -1.74. The minimum absolute atomic E-state index is 0.0507. The molecule has 0 amide bonds. The van der Waals surface area contributed by atoms with Crippen molar-refractivity contribution in [3.8, 4) is 5.75 Å². The first-order chi connectivity index (χ1) is 11.6. The van der Waals surface area contributed by atoms with Gasteiger partial charge in [-0.2, -0.15) is 8.78 Å². The van der Waals surface area contributed by atoms with E-state index in [1.807, 2.05) is 0 Å². The van der Waals surface area contributed by atoms with E-state index in [1.165, 1.54) is 12.1 Å². The Balaban J connectivity index is 2.30. The van der Waals surface area contributed by atoms with Gasteiger partial charge in [-0.05, 0) is 18.6 Å². The van der Waals surface area contributed by atoms with E-state index in [0.717, 1.165) is 12.1 Å². The second kappa shape index (κ2) is 8.94. The average Bonchev–Trinajstić information content (AvgIpc) is 2.53. The van der Waals surface area contributed by atoms with E-state index in [9.17, 15) is 37.3 Å². The van der Waals surface area contributed by atoms with E-state index in [2.05, 4.69) is 4.74 Å². The molecule has 1 aromatic carbocycles. The highest BCUT2D eigenvalue weighted by molar-refractivity contribution is 5.74. The molecule has 0 aliphatic carbocycles. The van der Waals surface area contributed by atoms with Crippen molar-refractivity contribution < 1.29 is 41.5 Å². The number of benzene rings is 1. The molecule has 0 radical (unpaired) electrons. The molecule has 138 valence electrons. The fourth-order valence-electron chi connectivity index (χ4n) is 1.51. The van der Waals surface area contributed by atoms with E-state index < -0.39 is 42.2 Å². The zero-order valence-electron chi connectivity index (χ0n) is 12.6. The number of ether oxygens (including phenoxy) is 2. The quantitative estimate of drug-likeness (QED) is 0.219. The average molecular weight is 367 g/mol. The van der Waals surface area contributed by atoms with Crippen molar-refractivity contribution in [3.63, 3.8) is 0 Å². The molecule has 1 rings (SSSR count). The molecular formula is C14H13F4NO6. The molecule has 0 saturated carbocycles. The van der Waals surface area contributed by atoms with Crippen LogP contribution in [-0.4, -0.2) is 35.8 Å². The van der Waals surface area contributed by atoms with E-state index in [-0.39, 0.29) is 24.3 Å². The number of carbonyl (C=O) groups excluding carboxylic acids is 2. The molecule has 0 heterocycles. The first-order valence-electron chi connectivity index (χ1n) is 6.88. The maximum atomic E-state index is 12.5. The van der Waals surface area contributed by atoms with Crippen LogP contribution >= 0.6 is 0 Å². The van der Waals surface area contributed by atoms with Gasteiger partial charge in [0.15, 0.2) is 6.61 Å². The minimum Gasteiger partial charge on any atom is -0.459 e. The third-order valence-corrected chi connectivity index (χ3v) is 2.79. The molecule has 0 aliphatic heterocycles. The van der Waals surface area contributed by atoms with Crippen LogP contribution in [-0.2, 0) is 14.3 Å². The molecule has 0 unspecified atom stereocenters. The standard InChI is InChI=1S/C14H13F4NO6/c15-13(16)14(17,18)8-24-11(20)2-1-3-12(21)25-10-6-4-9(5-7-10)19(22)23/h4-7,13H,1-3,8H2. The summed E-state index contributed by atoms with van der Waals surface area (Å²) < 4.78 is 57.6. The summed E-state index contributed by atoms with van der Waals surface area (Å²) in [5.41, 5.74) is -0.192. The molecule has 0 fully saturated rings. The van der Waals surface area contributed by atoms with Crippen molar-refractivity contribution >= 4 is 17.6 Å². The van der Waals surface area contributed by atoms with Gasteiger partial charge in [-0.15, -0.1) is 0 Å². The molecule has 0 spiro atoms. The third-order valence-electron chi connectivity index (χ3n) is 2.79. The van der Waals surface area contributed by atoms with Gasteiger partial charge in [-0.3, -0.25) is 19.7 Å². The Hall–Kier alpha value is -2.72. The molecule has 11 heteroatoms. The Morgan fingerprint density at radius 3 is 2.20 bits per heavy atom. The number of hydrogen-bond donors (Lipinski definition) is 0. The Morgan fingerprint density at radius 1 is 1.12 bits per heavy atom. The van der Waals surface area contributed by atoms with Crippen LogP contribution in [0.4, 0.5) is 23.2 Å². The van der Waals surface area contributed by atoms with Gasteiger partial charge in [0, 0.05) is 25.0 Å². The van der Waals surface area contributed by atoms with Gasteiger partial charge in [0.1, 0.15) is 5.75 Å². The lowest BCUT2D eigenvalue weighted by Gasteiger charge is -2.14. The summed E-state index contributed by atoms with van der Waals surface area (Å²) >= 11 is 0. The molecule has 0 aliphatic rings. The Bertz CT molecular complexity index is 620. The minimum atomic E-state index is -4.43. The predicted octanol–water partition coefficient (Wildman–Crippen LogP) is 3.11. The summed E-state index contributed by atoms with van der Waals surface area (Å²) in [6.07, 6.45) is -4.76. The topological polar surface area (TPSA) is 95.7 Å². The van der Waals surface area contributed by atoms with Gasteiger partial charge >= 0.3 is 24.3 Å². The van der Waals surface area contributed by atoms with Crippen LogP contribution in [0.25, 0.3) is 0 Å². The van der Waals surface area contributed by atoms with Crippen molar-refractivity contribution in [3.05, 3.63) is 34.4 Å².